The highest BCUT2D eigenvalue weighted by Crippen LogP contribution is 2.26. The Morgan fingerprint density at radius 2 is 1.02 bits per heavy atom. The van der Waals surface area contributed by atoms with E-state index in [1.807, 2.05) is 0 Å². The zero-order valence-corrected chi connectivity index (χ0v) is 41.4. The summed E-state index contributed by atoms with van der Waals surface area (Å²) in [5, 5.41) is 30.8. The number of esters is 1. The Labute approximate surface area is 395 Å². The van der Waals surface area contributed by atoms with E-state index in [9.17, 15) is 33.1 Å². The Kier molecular flexibility index (Phi) is 40.3. The molecular weight excluding hydrogens is 849 g/mol. The van der Waals surface area contributed by atoms with Crippen molar-refractivity contribution in [2.75, 3.05) is 26.4 Å². The van der Waals surface area contributed by atoms with Gasteiger partial charge in [-0.05, 0) is 83.5 Å². The minimum Gasteiger partial charge on any atom is -0.457 e. The minimum absolute atomic E-state index is 0.0239. The van der Waals surface area contributed by atoms with Crippen LogP contribution in [-0.2, 0) is 38.3 Å². The van der Waals surface area contributed by atoms with Crippen LogP contribution in [0.2, 0.25) is 0 Å². The average molecular weight is 941 g/mol. The van der Waals surface area contributed by atoms with Gasteiger partial charge in [0.05, 0.1) is 19.8 Å². The van der Waals surface area contributed by atoms with Crippen LogP contribution >= 0.6 is 0 Å². The number of rotatable bonds is 44. The van der Waals surface area contributed by atoms with Gasteiger partial charge in [-0.1, -0.05) is 171 Å². The van der Waals surface area contributed by atoms with Gasteiger partial charge in [-0.25, -0.2) is 4.18 Å². The van der Waals surface area contributed by atoms with Crippen molar-refractivity contribution in [3.8, 4) is 0 Å². The van der Waals surface area contributed by atoms with E-state index in [1.54, 1.807) is 0 Å². The lowest BCUT2D eigenvalue weighted by atomic mass is 9.99. The lowest BCUT2D eigenvalue weighted by molar-refractivity contribution is -0.301. The van der Waals surface area contributed by atoms with Gasteiger partial charge < -0.3 is 34.3 Å². The Balaban J connectivity index is 2.39. The summed E-state index contributed by atoms with van der Waals surface area (Å²) >= 11 is 0. The molecule has 0 spiro atoms. The summed E-state index contributed by atoms with van der Waals surface area (Å²) < 4.78 is 59.2. The van der Waals surface area contributed by atoms with E-state index in [1.165, 1.54) is 96.3 Å². The summed E-state index contributed by atoms with van der Waals surface area (Å²) in [6, 6.07) is 0. The van der Waals surface area contributed by atoms with Crippen LogP contribution in [0.1, 0.15) is 200 Å². The topological polar surface area (TPSA) is 178 Å². The number of hydrogen-bond donors (Lipinski definition) is 4. The first-order valence-electron chi connectivity index (χ1n) is 25.5. The van der Waals surface area contributed by atoms with Crippen molar-refractivity contribution in [2.45, 2.75) is 237 Å². The number of unbranched alkanes of at least 4 members (excludes halogenated alkanes) is 21. The third-order valence-corrected chi connectivity index (χ3v) is 11.8. The third-order valence-electron chi connectivity index (χ3n) is 11.4. The number of aliphatic hydroxyl groups is 3. The second kappa shape index (κ2) is 43.1. The van der Waals surface area contributed by atoms with Crippen LogP contribution in [-0.4, -0.2) is 97.5 Å². The molecule has 378 valence electrons. The molecule has 1 fully saturated rings. The molecule has 1 saturated heterocycles. The van der Waals surface area contributed by atoms with Crippen LogP contribution < -0.4 is 0 Å². The Bertz CT molecular complexity index is 1360. The zero-order valence-electron chi connectivity index (χ0n) is 40.5. The van der Waals surface area contributed by atoms with E-state index in [-0.39, 0.29) is 19.6 Å². The number of hydrogen-bond acceptors (Lipinski definition) is 11. The molecule has 6 atom stereocenters. The quantitative estimate of drug-likeness (QED) is 0.0197. The highest BCUT2D eigenvalue weighted by Gasteiger charge is 2.48. The Hall–Kier alpha value is -2.20. The molecule has 0 saturated carbocycles. The lowest BCUT2D eigenvalue weighted by Crippen LogP contribution is -2.60. The molecule has 13 heteroatoms. The number of allylic oxidation sites excluding steroid dienone is 10. The van der Waals surface area contributed by atoms with E-state index in [2.05, 4.69) is 78.8 Å². The van der Waals surface area contributed by atoms with Gasteiger partial charge in [0.1, 0.15) is 30.5 Å². The monoisotopic (exact) mass is 941 g/mol. The summed E-state index contributed by atoms with van der Waals surface area (Å²) in [6.07, 6.45) is 45.3. The molecule has 0 radical (unpaired) electrons. The van der Waals surface area contributed by atoms with Gasteiger partial charge in [0.15, 0.2) is 6.29 Å². The Morgan fingerprint density at radius 3 is 1.51 bits per heavy atom. The fourth-order valence-electron chi connectivity index (χ4n) is 7.47. The first-order chi connectivity index (χ1) is 31.6. The van der Waals surface area contributed by atoms with E-state index < -0.39 is 59.8 Å². The largest absolute Gasteiger partial charge is 0.457 e. The molecule has 0 amide bonds. The van der Waals surface area contributed by atoms with Crippen molar-refractivity contribution in [3.05, 3.63) is 60.8 Å². The van der Waals surface area contributed by atoms with E-state index in [0.29, 0.717) is 13.0 Å². The molecule has 65 heavy (non-hydrogen) atoms. The average Bonchev–Trinajstić information content (AvgIpc) is 3.28. The molecule has 1 aliphatic rings. The fraction of sp³-hybridized carbons (Fsp3) is 0.788. The van der Waals surface area contributed by atoms with Crippen LogP contribution in [0.15, 0.2) is 60.8 Å². The maximum absolute atomic E-state index is 12.9. The van der Waals surface area contributed by atoms with Gasteiger partial charge in [0.2, 0.25) is 0 Å². The second-order valence-corrected chi connectivity index (χ2v) is 18.4. The van der Waals surface area contributed by atoms with Crippen molar-refractivity contribution >= 4 is 16.4 Å². The molecule has 1 rings (SSSR count). The van der Waals surface area contributed by atoms with Crippen LogP contribution in [0, 0.1) is 0 Å². The molecule has 1 aliphatic heterocycles. The first kappa shape index (κ1) is 60.8. The van der Waals surface area contributed by atoms with Gasteiger partial charge in [0.25, 0.3) is 0 Å². The van der Waals surface area contributed by atoms with Crippen LogP contribution in [0.25, 0.3) is 0 Å². The summed E-state index contributed by atoms with van der Waals surface area (Å²) in [4.78, 5) is 12.9. The highest BCUT2D eigenvalue weighted by molar-refractivity contribution is 7.80. The van der Waals surface area contributed by atoms with Gasteiger partial charge in [-0.2, -0.15) is 8.42 Å². The summed E-state index contributed by atoms with van der Waals surface area (Å²) in [5.41, 5.74) is 0. The molecule has 1 heterocycles. The molecule has 0 aliphatic carbocycles. The van der Waals surface area contributed by atoms with Crippen LogP contribution in [0.4, 0.5) is 0 Å². The van der Waals surface area contributed by atoms with E-state index >= 15 is 0 Å². The van der Waals surface area contributed by atoms with Gasteiger partial charge in [-0.3, -0.25) is 9.35 Å². The van der Waals surface area contributed by atoms with Crippen molar-refractivity contribution in [1.82, 2.24) is 0 Å². The number of aliphatic hydroxyl groups excluding tert-OH is 3. The third kappa shape index (κ3) is 36.5. The highest BCUT2D eigenvalue weighted by atomic mass is 32.3. The minimum atomic E-state index is -5.07. The molecule has 0 aromatic heterocycles. The van der Waals surface area contributed by atoms with Gasteiger partial charge in [-0.15, -0.1) is 0 Å². The number of ether oxygens (including phenoxy) is 4. The second-order valence-electron chi connectivity index (χ2n) is 17.4. The van der Waals surface area contributed by atoms with E-state index in [4.69, 9.17) is 18.9 Å². The zero-order chi connectivity index (χ0) is 47.5. The molecule has 12 nitrogen and oxygen atoms in total. The molecule has 4 N–H and O–H groups in total. The molecule has 0 bridgehead atoms. The van der Waals surface area contributed by atoms with Crippen molar-refractivity contribution in [2.24, 2.45) is 0 Å². The maximum atomic E-state index is 12.9. The molecule has 0 aromatic carbocycles. The molecular formula is C52H92O12S. The van der Waals surface area contributed by atoms with Crippen molar-refractivity contribution in [1.29, 1.82) is 0 Å². The molecule has 6 unspecified atom stereocenters. The smallest absolute Gasteiger partial charge is 0.397 e. The van der Waals surface area contributed by atoms with E-state index in [0.717, 1.165) is 77.0 Å². The van der Waals surface area contributed by atoms with Crippen LogP contribution in [0.3, 0.4) is 0 Å². The standard InChI is InChI=1S/C52H92O12S/c1-3-5-7-9-11-13-15-17-19-21-23-24-26-28-30-32-34-36-38-40-42-60-44-46(45-61-52-50(56)51(64-65(57,58)59)49(55)47(43-53)63-52)62-48(54)41-39-37-35-33-31-29-27-25-22-20-18-16-14-12-10-8-6-4-2/h11,13-14,16-17,19-20,22-24,46-47,49-53,55-56H,3-10,12,15,18,21,25-45H2,1-2H3,(H,57,58,59)/b13-11-,16-14-,19-17-,22-20-,24-23-. The first-order valence-corrected chi connectivity index (χ1v) is 26.9. The van der Waals surface area contributed by atoms with Gasteiger partial charge in [0, 0.05) is 13.0 Å². The number of carbonyl (C=O) groups is 1. The molecule has 0 aromatic rings. The normalized spacial score (nSPS) is 20.1. The lowest BCUT2D eigenvalue weighted by Gasteiger charge is -2.41. The summed E-state index contributed by atoms with van der Waals surface area (Å²) in [5.74, 6) is -0.412. The Morgan fingerprint density at radius 1 is 0.585 bits per heavy atom. The maximum Gasteiger partial charge on any atom is 0.397 e. The summed E-state index contributed by atoms with van der Waals surface area (Å²) in [7, 11) is -5.07. The SMILES string of the molecule is CCCCC/C=C\C/C=C\C/C=C\CCCCCCCCCOCC(COC1OC(CO)C(O)C(OS(=O)(=O)O)C1O)OC(=O)CCCCCCCCC/C=C\C/C=C\CCCCCC. The predicted molar refractivity (Wildman–Crippen MR) is 262 cm³/mol. The summed E-state index contributed by atoms with van der Waals surface area (Å²) in [6.45, 7) is 3.92. The fourth-order valence-corrected chi connectivity index (χ4v) is 7.98. The van der Waals surface area contributed by atoms with Gasteiger partial charge >= 0.3 is 16.4 Å². The number of carbonyl (C=O) groups excluding carboxylic acids is 1. The van der Waals surface area contributed by atoms with Crippen molar-refractivity contribution in [3.63, 3.8) is 0 Å². The predicted octanol–water partition coefficient (Wildman–Crippen LogP) is 11.7. The van der Waals surface area contributed by atoms with Crippen molar-refractivity contribution < 1.29 is 56.2 Å². The van der Waals surface area contributed by atoms with Crippen LogP contribution in [0.5, 0.6) is 0 Å².